The van der Waals surface area contributed by atoms with Crippen LogP contribution >= 0.6 is 12.6 Å². The van der Waals surface area contributed by atoms with Crippen molar-refractivity contribution in [2.75, 3.05) is 12.4 Å². The first kappa shape index (κ1) is 13.4. The van der Waals surface area contributed by atoms with Gasteiger partial charge in [-0.05, 0) is 43.6 Å². The summed E-state index contributed by atoms with van der Waals surface area (Å²) in [6.45, 7) is 2.80. The molecule has 0 aliphatic heterocycles. The van der Waals surface area contributed by atoms with Crippen LogP contribution in [-0.4, -0.2) is 18.4 Å². The molecular weight excluding hydrogens is 218 g/mol. The molecule has 0 fully saturated rings. The zero-order valence-electron chi connectivity index (χ0n) is 9.86. The monoisotopic (exact) mass is 239 g/mol. The number of nitrogens with two attached hydrogens (primary N) is 1. The van der Waals surface area contributed by atoms with Crippen LogP contribution in [0.25, 0.3) is 0 Å². The molecule has 0 bridgehead atoms. The van der Waals surface area contributed by atoms with Crippen molar-refractivity contribution in [1.82, 2.24) is 0 Å². The largest absolute Gasteiger partial charge is 0.493 e. The van der Waals surface area contributed by atoms with Crippen LogP contribution in [0.1, 0.15) is 24.8 Å². The number of rotatable bonds is 7. The van der Waals surface area contributed by atoms with Crippen molar-refractivity contribution in [3.8, 4) is 5.75 Å². The van der Waals surface area contributed by atoms with Crippen LogP contribution in [-0.2, 0) is 0 Å². The highest BCUT2D eigenvalue weighted by atomic mass is 32.1. The molecule has 1 rings (SSSR count). The standard InChI is InChI=1S/C13H21NOS/c1-11-5-2-3-7-13(11)15-9-4-6-12(14)8-10-16/h2-3,5,7,12,16H,4,6,8-10,14H2,1H3/t12-/m1/s1. The minimum absolute atomic E-state index is 0.262. The summed E-state index contributed by atoms with van der Waals surface area (Å²) in [4.78, 5) is 0. The van der Waals surface area contributed by atoms with Gasteiger partial charge in [-0.1, -0.05) is 18.2 Å². The maximum Gasteiger partial charge on any atom is 0.122 e. The second-order valence-electron chi connectivity index (χ2n) is 4.03. The van der Waals surface area contributed by atoms with Crippen LogP contribution < -0.4 is 10.5 Å². The number of ether oxygens (including phenoxy) is 1. The predicted molar refractivity (Wildman–Crippen MR) is 72.4 cm³/mol. The average molecular weight is 239 g/mol. The third-order valence-electron chi connectivity index (χ3n) is 2.57. The summed E-state index contributed by atoms with van der Waals surface area (Å²) in [5, 5.41) is 0. The molecule has 2 nitrogen and oxygen atoms in total. The summed E-state index contributed by atoms with van der Waals surface area (Å²) < 4.78 is 5.69. The highest BCUT2D eigenvalue weighted by Crippen LogP contribution is 2.16. The van der Waals surface area contributed by atoms with Gasteiger partial charge in [-0.2, -0.15) is 12.6 Å². The first-order valence-corrected chi connectivity index (χ1v) is 6.42. The molecule has 0 saturated heterocycles. The number of thiol groups is 1. The Labute approximate surface area is 104 Å². The van der Waals surface area contributed by atoms with Gasteiger partial charge in [0.25, 0.3) is 0 Å². The lowest BCUT2D eigenvalue weighted by Gasteiger charge is -2.11. The minimum atomic E-state index is 0.262. The maximum absolute atomic E-state index is 5.89. The molecule has 0 radical (unpaired) electrons. The number of hydrogen-bond acceptors (Lipinski definition) is 3. The Morgan fingerprint density at radius 3 is 2.75 bits per heavy atom. The highest BCUT2D eigenvalue weighted by molar-refractivity contribution is 7.80. The van der Waals surface area contributed by atoms with Crippen molar-refractivity contribution in [3.05, 3.63) is 29.8 Å². The summed E-state index contributed by atoms with van der Waals surface area (Å²) in [7, 11) is 0. The molecular formula is C13H21NOS. The number of aryl methyl sites for hydroxylation is 1. The van der Waals surface area contributed by atoms with E-state index in [1.807, 2.05) is 18.2 Å². The van der Waals surface area contributed by atoms with Crippen LogP contribution in [0.2, 0.25) is 0 Å². The smallest absolute Gasteiger partial charge is 0.122 e. The molecule has 1 atom stereocenters. The van der Waals surface area contributed by atoms with E-state index in [0.29, 0.717) is 0 Å². The van der Waals surface area contributed by atoms with Crippen LogP contribution in [0.15, 0.2) is 24.3 Å². The second kappa shape index (κ2) is 7.58. The lowest BCUT2D eigenvalue weighted by Crippen LogP contribution is -2.21. The van der Waals surface area contributed by atoms with Crippen molar-refractivity contribution in [2.45, 2.75) is 32.2 Å². The third kappa shape index (κ3) is 4.90. The Kier molecular flexibility index (Phi) is 6.34. The van der Waals surface area contributed by atoms with Crippen molar-refractivity contribution in [3.63, 3.8) is 0 Å². The Bertz CT molecular complexity index is 304. The molecule has 0 unspecified atom stereocenters. The number of benzene rings is 1. The molecule has 1 aromatic rings. The summed E-state index contributed by atoms with van der Waals surface area (Å²) >= 11 is 4.16. The van der Waals surface area contributed by atoms with E-state index < -0.39 is 0 Å². The molecule has 0 amide bonds. The average Bonchev–Trinajstić information content (AvgIpc) is 2.27. The third-order valence-corrected chi connectivity index (χ3v) is 2.83. The van der Waals surface area contributed by atoms with Gasteiger partial charge in [-0.3, -0.25) is 0 Å². The topological polar surface area (TPSA) is 35.2 Å². The Morgan fingerprint density at radius 2 is 2.06 bits per heavy atom. The van der Waals surface area contributed by atoms with E-state index in [2.05, 4.69) is 25.6 Å². The fourth-order valence-electron chi connectivity index (χ4n) is 1.56. The fourth-order valence-corrected chi connectivity index (χ4v) is 1.89. The predicted octanol–water partition coefficient (Wildman–Crippen LogP) is 2.80. The van der Waals surface area contributed by atoms with Crippen molar-refractivity contribution < 1.29 is 4.74 Å². The maximum atomic E-state index is 5.89. The van der Waals surface area contributed by atoms with Crippen molar-refractivity contribution >= 4 is 12.6 Å². The normalized spacial score (nSPS) is 12.4. The molecule has 16 heavy (non-hydrogen) atoms. The van der Waals surface area contributed by atoms with Gasteiger partial charge in [0, 0.05) is 6.04 Å². The fraction of sp³-hybridized carbons (Fsp3) is 0.538. The zero-order valence-corrected chi connectivity index (χ0v) is 10.7. The van der Waals surface area contributed by atoms with E-state index in [1.165, 1.54) is 5.56 Å². The van der Waals surface area contributed by atoms with Gasteiger partial charge in [0.15, 0.2) is 0 Å². The molecule has 0 aromatic heterocycles. The van der Waals surface area contributed by atoms with Crippen molar-refractivity contribution in [1.29, 1.82) is 0 Å². The molecule has 3 heteroatoms. The Hall–Kier alpha value is -0.670. The molecule has 2 N–H and O–H groups in total. The van der Waals surface area contributed by atoms with E-state index in [-0.39, 0.29) is 6.04 Å². The molecule has 1 aromatic carbocycles. The lowest BCUT2D eigenvalue weighted by molar-refractivity contribution is 0.299. The first-order chi connectivity index (χ1) is 7.74. The van der Waals surface area contributed by atoms with Gasteiger partial charge in [0.2, 0.25) is 0 Å². The van der Waals surface area contributed by atoms with E-state index in [0.717, 1.165) is 37.4 Å². The van der Waals surface area contributed by atoms with Crippen LogP contribution in [0.3, 0.4) is 0 Å². The number of hydrogen-bond donors (Lipinski definition) is 2. The Balaban J connectivity index is 2.19. The summed E-state index contributed by atoms with van der Waals surface area (Å²) in [5.41, 5.74) is 7.07. The Morgan fingerprint density at radius 1 is 1.31 bits per heavy atom. The van der Waals surface area contributed by atoms with Crippen LogP contribution in [0.5, 0.6) is 5.75 Å². The first-order valence-electron chi connectivity index (χ1n) is 5.79. The van der Waals surface area contributed by atoms with Gasteiger partial charge >= 0.3 is 0 Å². The van der Waals surface area contributed by atoms with E-state index in [4.69, 9.17) is 10.5 Å². The molecule has 90 valence electrons. The summed E-state index contributed by atoms with van der Waals surface area (Å²) in [6.07, 6.45) is 2.99. The molecule has 0 spiro atoms. The van der Waals surface area contributed by atoms with Crippen molar-refractivity contribution in [2.24, 2.45) is 5.73 Å². The van der Waals surface area contributed by atoms with E-state index >= 15 is 0 Å². The quantitative estimate of drug-likeness (QED) is 0.567. The van der Waals surface area contributed by atoms with Crippen LogP contribution in [0.4, 0.5) is 0 Å². The van der Waals surface area contributed by atoms with Gasteiger partial charge in [-0.25, -0.2) is 0 Å². The van der Waals surface area contributed by atoms with Gasteiger partial charge < -0.3 is 10.5 Å². The SMILES string of the molecule is Cc1ccccc1OCCC[C@@H](N)CCS. The molecule has 0 saturated carbocycles. The van der Waals surface area contributed by atoms with Crippen LogP contribution in [0, 0.1) is 6.92 Å². The minimum Gasteiger partial charge on any atom is -0.493 e. The summed E-state index contributed by atoms with van der Waals surface area (Å²) in [6, 6.07) is 8.34. The van der Waals surface area contributed by atoms with Gasteiger partial charge in [-0.15, -0.1) is 0 Å². The van der Waals surface area contributed by atoms with E-state index in [1.54, 1.807) is 0 Å². The number of para-hydroxylation sites is 1. The zero-order chi connectivity index (χ0) is 11.8. The highest BCUT2D eigenvalue weighted by Gasteiger charge is 2.02. The lowest BCUT2D eigenvalue weighted by atomic mass is 10.1. The van der Waals surface area contributed by atoms with E-state index in [9.17, 15) is 0 Å². The summed E-state index contributed by atoms with van der Waals surface area (Å²) in [5.74, 6) is 1.84. The molecule has 0 aliphatic carbocycles. The second-order valence-corrected chi connectivity index (χ2v) is 4.48. The molecule has 0 heterocycles. The van der Waals surface area contributed by atoms with Gasteiger partial charge in [0.05, 0.1) is 6.61 Å². The van der Waals surface area contributed by atoms with Gasteiger partial charge in [0.1, 0.15) is 5.75 Å². The molecule has 0 aliphatic rings.